The minimum Gasteiger partial charge on any atom is -0.347 e. The smallest absolute Gasteiger partial charge is 0.139 e. The van der Waals surface area contributed by atoms with Gasteiger partial charge in [0.05, 0.1) is 23.1 Å². The van der Waals surface area contributed by atoms with Gasteiger partial charge < -0.3 is 9.88 Å². The van der Waals surface area contributed by atoms with Crippen LogP contribution >= 0.6 is 0 Å². The quantitative estimate of drug-likeness (QED) is 0.708. The van der Waals surface area contributed by atoms with Crippen LogP contribution in [0.25, 0.3) is 10.9 Å². The molecular weight excluding hydrogens is 298 g/mol. The molecule has 126 valence electrons. The van der Waals surface area contributed by atoms with Gasteiger partial charge in [0, 0.05) is 24.3 Å². The van der Waals surface area contributed by atoms with E-state index in [0.717, 1.165) is 34.7 Å². The largest absolute Gasteiger partial charge is 0.347 e. The molecule has 0 aliphatic heterocycles. The van der Waals surface area contributed by atoms with Crippen LogP contribution in [0.15, 0.2) is 30.7 Å². The van der Waals surface area contributed by atoms with E-state index >= 15 is 0 Å². The molecule has 5 heteroatoms. The second-order valence-corrected chi connectivity index (χ2v) is 6.52. The van der Waals surface area contributed by atoms with Crippen molar-refractivity contribution >= 4 is 22.4 Å². The van der Waals surface area contributed by atoms with Gasteiger partial charge in [0.1, 0.15) is 5.82 Å². The van der Waals surface area contributed by atoms with Gasteiger partial charge in [-0.05, 0) is 37.0 Å². The maximum atomic E-state index is 4.56. The molecule has 0 aliphatic carbocycles. The van der Waals surface area contributed by atoms with Gasteiger partial charge in [-0.15, -0.1) is 0 Å². The predicted molar refractivity (Wildman–Crippen MR) is 98.8 cm³/mol. The SMILES string of the molecule is CCCCn1ccc2c(Nc3c(C)cnnc3C(C)C)nccc21. The lowest BCUT2D eigenvalue weighted by Gasteiger charge is -2.15. The third-order valence-corrected chi connectivity index (χ3v) is 4.31. The maximum absolute atomic E-state index is 4.56. The van der Waals surface area contributed by atoms with Crippen molar-refractivity contribution in [3.05, 3.63) is 42.0 Å². The molecule has 1 N–H and O–H groups in total. The van der Waals surface area contributed by atoms with Crippen molar-refractivity contribution in [3.8, 4) is 0 Å². The summed E-state index contributed by atoms with van der Waals surface area (Å²) in [5, 5.41) is 13.1. The average Bonchev–Trinajstić information content (AvgIpc) is 2.98. The Kier molecular flexibility index (Phi) is 4.79. The number of unbranched alkanes of at least 4 members (excludes halogenated alkanes) is 1. The second-order valence-electron chi connectivity index (χ2n) is 6.52. The summed E-state index contributed by atoms with van der Waals surface area (Å²) >= 11 is 0. The summed E-state index contributed by atoms with van der Waals surface area (Å²) in [5.74, 6) is 1.18. The van der Waals surface area contributed by atoms with Gasteiger partial charge >= 0.3 is 0 Å². The molecule has 5 nitrogen and oxygen atoms in total. The molecule has 0 aromatic carbocycles. The van der Waals surface area contributed by atoms with Crippen LogP contribution in [0.3, 0.4) is 0 Å². The molecule has 0 saturated carbocycles. The first-order valence-electron chi connectivity index (χ1n) is 8.64. The molecule has 0 aliphatic rings. The summed E-state index contributed by atoms with van der Waals surface area (Å²) in [6.45, 7) is 9.56. The Hall–Kier alpha value is -2.43. The Morgan fingerprint density at radius 1 is 1.25 bits per heavy atom. The van der Waals surface area contributed by atoms with Crippen LogP contribution in [0.2, 0.25) is 0 Å². The number of rotatable bonds is 6. The van der Waals surface area contributed by atoms with Crippen LogP contribution in [-0.2, 0) is 6.54 Å². The van der Waals surface area contributed by atoms with Crippen molar-refractivity contribution in [2.75, 3.05) is 5.32 Å². The summed E-state index contributed by atoms with van der Waals surface area (Å²) in [4.78, 5) is 4.56. The molecular formula is C19H25N5. The van der Waals surface area contributed by atoms with Crippen molar-refractivity contribution in [3.63, 3.8) is 0 Å². The monoisotopic (exact) mass is 323 g/mol. The Balaban J connectivity index is 2.01. The fourth-order valence-electron chi connectivity index (χ4n) is 2.93. The fourth-order valence-corrected chi connectivity index (χ4v) is 2.93. The van der Waals surface area contributed by atoms with Crippen molar-refractivity contribution in [2.45, 2.75) is 53.0 Å². The van der Waals surface area contributed by atoms with E-state index in [2.05, 4.69) is 71.1 Å². The first kappa shape index (κ1) is 16.4. The zero-order valence-corrected chi connectivity index (χ0v) is 14.9. The first-order valence-corrected chi connectivity index (χ1v) is 8.64. The summed E-state index contributed by atoms with van der Waals surface area (Å²) in [6.07, 6.45) is 8.18. The number of nitrogens with zero attached hydrogens (tertiary/aromatic N) is 4. The minimum absolute atomic E-state index is 0.299. The molecule has 3 aromatic heterocycles. The fraction of sp³-hybridized carbons (Fsp3) is 0.421. The molecule has 3 heterocycles. The van der Waals surface area contributed by atoms with E-state index in [4.69, 9.17) is 0 Å². The van der Waals surface area contributed by atoms with Crippen molar-refractivity contribution in [1.82, 2.24) is 19.7 Å². The number of hydrogen-bond donors (Lipinski definition) is 1. The summed E-state index contributed by atoms with van der Waals surface area (Å²) in [6, 6.07) is 4.22. The molecule has 0 amide bonds. The van der Waals surface area contributed by atoms with Crippen molar-refractivity contribution in [1.29, 1.82) is 0 Å². The number of pyridine rings is 1. The number of anilines is 2. The van der Waals surface area contributed by atoms with E-state index in [1.807, 2.05) is 6.20 Å². The van der Waals surface area contributed by atoms with Crippen molar-refractivity contribution < 1.29 is 0 Å². The van der Waals surface area contributed by atoms with Gasteiger partial charge in [-0.1, -0.05) is 27.2 Å². The van der Waals surface area contributed by atoms with Crippen LogP contribution in [-0.4, -0.2) is 19.7 Å². The molecule has 3 aromatic rings. The molecule has 0 fully saturated rings. The highest BCUT2D eigenvalue weighted by atomic mass is 15.1. The van der Waals surface area contributed by atoms with E-state index in [1.54, 1.807) is 6.20 Å². The van der Waals surface area contributed by atoms with Gasteiger partial charge in [-0.3, -0.25) is 0 Å². The topological polar surface area (TPSA) is 55.6 Å². The van der Waals surface area contributed by atoms with E-state index in [1.165, 1.54) is 18.4 Å². The molecule has 3 rings (SSSR count). The van der Waals surface area contributed by atoms with Gasteiger partial charge in [0.2, 0.25) is 0 Å². The van der Waals surface area contributed by atoms with Gasteiger partial charge in [-0.2, -0.15) is 10.2 Å². The van der Waals surface area contributed by atoms with E-state index in [9.17, 15) is 0 Å². The van der Waals surface area contributed by atoms with Crippen LogP contribution in [0.5, 0.6) is 0 Å². The lowest BCUT2D eigenvalue weighted by atomic mass is 10.1. The van der Waals surface area contributed by atoms with Crippen LogP contribution in [0, 0.1) is 6.92 Å². The number of aromatic nitrogens is 4. The first-order chi connectivity index (χ1) is 11.6. The predicted octanol–water partition coefficient (Wildman–Crippen LogP) is 4.80. The third kappa shape index (κ3) is 3.11. The standard InChI is InChI=1S/C19H25N5/c1-5-6-10-24-11-8-15-16(24)7-9-20-19(15)22-18-14(4)12-21-23-17(18)13(2)3/h7-9,11-13H,5-6,10H2,1-4H3,(H,20,21,22). The van der Waals surface area contributed by atoms with Gasteiger partial charge in [0.25, 0.3) is 0 Å². The lowest BCUT2D eigenvalue weighted by Crippen LogP contribution is -2.06. The van der Waals surface area contributed by atoms with E-state index in [0.29, 0.717) is 5.92 Å². The highest BCUT2D eigenvalue weighted by molar-refractivity contribution is 5.92. The highest BCUT2D eigenvalue weighted by Gasteiger charge is 2.14. The molecule has 0 bridgehead atoms. The van der Waals surface area contributed by atoms with Crippen LogP contribution in [0.4, 0.5) is 11.5 Å². The average molecular weight is 323 g/mol. The zero-order chi connectivity index (χ0) is 17.1. The molecule has 0 spiro atoms. The molecule has 24 heavy (non-hydrogen) atoms. The summed E-state index contributed by atoms with van der Waals surface area (Å²) < 4.78 is 2.30. The number of aryl methyl sites for hydroxylation is 2. The molecule has 0 atom stereocenters. The maximum Gasteiger partial charge on any atom is 0.139 e. The third-order valence-electron chi connectivity index (χ3n) is 4.31. The number of nitrogens with one attached hydrogen (secondary N) is 1. The summed E-state index contributed by atoms with van der Waals surface area (Å²) in [5.41, 5.74) is 4.28. The lowest BCUT2D eigenvalue weighted by molar-refractivity contribution is 0.650. The zero-order valence-electron chi connectivity index (χ0n) is 14.9. The van der Waals surface area contributed by atoms with Crippen molar-refractivity contribution in [2.24, 2.45) is 0 Å². The van der Waals surface area contributed by atoms with E-state index in [-0.39, 0.29) is 0 Å². The van der Waals surface area contributed by atoms with Crippen LogP contribution < -0.4 is 5.32 Å². The number of fused-ring (bicyclic) bond motifs is 1. The van der Waals surface area contributed by atoms with E-state index < -0.39 is 0 Å². The van der Waals surface area contributed by atoms with Crippen LogP contribution in [0.1, 0.15) is 50.8 Å². The Bertz CT molecular complexity index is 835. The Morgan fingerprint density at radius 3 is 2.83 bits per heavy atom. The second kappa shape index (κ2) is 6.99. The number of hydrogen-bond acceptors (Lipinski definition) is 4. The highest BCUT2D eigenvalue weighted by Crippen LogP contribution is 2.30. The molecule has 0 saturated heterocycles. The normalized spacial score (nSPS) is 11.4. The molecule has 0 unspecified atom stereocenters. The minimum atomic E-state index is 0.299. The Labute approximate surface area is 143 Å². The summed E-state index contributed by atoms with van der Waals surface area (Å²) in [7, 11) is 0. The van der Waals surface area contributed by atoms with Gasteiger partial charge in [-0.25, -0.2) is 4.98 Å². The van der Waals surface area contributed by atoms with Gasteiger partial charge in [0.15, 0.2) is 0 Å². The molecule has 0 radical (unpaired) electrons. The Morgan fingerprint density at radius 2 is 2.08 bits per heavy atom.